The van der Waals surface area contributed by atoms with Gasteiger partial charge >= 0.3 is 5.97 Å². The number of rotatable bonds is 6. The molecule has 0 aliphatic carbocycles. The number of nitrogens with two attached hydrogens (primary N) is 1. The number of ether oxygens (including phenoxy) is 1. The molecule has 0 saturated carbocycles. The fraction of sp³-hybridized carbons (Fsp3) is 0.889. The Bertz CT molecular complexity index is 230. The van der Waals surface area contributed by atoms with Crippen molar-refractivity contribution in [1.82, 2.24) is 0 Å². The average molecular weight is 251 g/mol. The van der Waals surface area contributed by atoms with Crippen molar-refractivity contribution >= 4 is 17.7 Å². The lowest BCUT2D eigenvalue weighted by Crippen LogP contribution is -2.30. The van der Waals surface area contributed by atoms with Crippen LogP contribution in [0.5, 0.6) is 0 Å². The first kappa shape index (κ1) is 13.7. The minimum atomic E-state index is -1.09. The number of carboxylic acid groups (broad SMARTS) is 1. The number of hydrogen-bond donors (Lipinski definition) is 4. The summed E-state index contributed by atoms with van der Waals surface area (Å²) >= 11 is 1.51. The monoisotopic (exact) mass is 251 g/mol. The van der Waals surface area contributed by atoms with Gasteiger partial charge in [0, 0.05) is 12.2 Å². The molecule has 0 bridgehead atoms. The molecule has 1 saturated heterocycles. The lowest BCUT2D eigenvalue weighted by atomic mass is 10.2. The Balaban J connectivity index is 2.06. The summed E-state index contributed by atoms with van der Waals surface area (Å²) in [7, 11) is 0. The van der Waals surface area contributed by atoms with Gasteiger partial charge in [0.15, 0.2) is 6.29 Å². The lowest BCUT2D eigenvalue weighted by Gasteiger charge is -2.10. The maximum absolute atomic E-state index is 10.4. The maximum Gasteiger partial charge on any atom is 0.320 e. The van der Waals surface area contributed by atoms with Crippen LogP contribution in [0.25, 0.3) is 0 Å². The number of aliphatic hydroxyl groups excluding tert-OH is 2. The summed E-state index contributed by atoms with van der Waals surface area (Å²) < 4.78 is 5.07. The highest BCUT2D eigenvalue weighted by Crippen LogP contribution is 2.22. The second kappa shape index (κ2) is 6.41. The lowest BCUT2D eigenvalue weighted by molar-refractivity contribution is -0.138. The number of aliphatic hydroxyl groups is 2. The molecule has 94 valence electrons. The summed E-state index contributed by atoms with van der Waals surface area (Å²) in [5, 5.41) is 26.8. The van der Waals surface area contributed by atoms with Gasteiger partial charge in [-0.15, -0.1) is 0 Å². The van der Waals surface area contributed by atoms with Crippen molar-refractivity contribution < 1.29 is 24.9 Å². The third kappa shape index (κ3) is 4.26. The minimum Gasteiger partial charge on any atom is -0.480 e. The summed E-state index contributed by atoms with van der Waals surface area (Å²) in [6, 6.07) is -0.826. The molecule has 6 nitrogen and oxygen atoms in total. The number of carbonyl (C=O) groups is 1. The Morgan fingerprint density at radius 3 is 2.75 bits per heavy atom. The SMILES string of the molecule is NC(CCSC[C@@H]1C[C@@H](O)C(O)O1)C(=O)O. The molecule has 0 amide bonds. The Hall–Kier alpha value is -0.340. The summed E-state index contributed by atoms with van der Waals surface area (Å²) in [5.41, 5.74) is 5.33. The molecule has 0 radical (unpaired) electrons. The molecule has 0 aromatic carbocycles. The normalized spacial score (nSPS) is 31.6. The maximum atomic E-state index is 10.4. The van der Waals surface area contributed by atoms with Gasteiger partial charge in [-0.3, -0.25) is 4.79 Å². The molecule has 4 atom stereocenters. The minimum absolute atomic E-state index is 0.170. The second-order valence-electron chi connectivity index (χ2n) is 3.76. The van der Waals surface area contributed by atoms with Crippen LogP contribution in [0.15, 0.2) is 0 Å². The van der Waals surface area contributed by atoms with E-state index in [1.807, 2.05) is 0 Å². The molecule has 1 rings (SSSR count). The Kier molecular flexibility index (Phi) is 5.50. The smallest absolute Gasteiger partial charge is 0.320 e. The van der Waals surface area contributed by atoms with Crippen molar-refractivity contribution in [2.75, 3.05) is 11.5 Å². The van der Waals surface area contributed by atoms with Crippen LogP contribution >= 0.6 is 11.8 Å². The predicted octanol–water partition coefficient (Wildman–Crippen LogP) is -1.01. The second-order valence-corrected chi connectivity index (χ2v) is 4.91. The molecule has 1 aliphatic rings. The zero-order valence-corrected chi connectivity index (χ0v) is 9.60. The molecule has 1 heterocycles. The van der Waals surface area contributed by atoms with E-state index in [9.17, 15) is 9.90 Å². The van der Waals surface area contributed by atoms with Crippen molar-refractivity contribution in [3.63, 3.8) is 0 Å². The third-order valence-electron chi connectivity index (χ3n) is 2.36. The van der Waals surface area contributed by atoms with Crippen LogP contribution in [0.4, 0.5) is 0 Å². The van der Waals surface area contributed by atoms with E-state index in [0.717, 1.165) is 0 Å². The van der Waals surface area contributed by atoms with Crippen LogP contribution in [-0.2, 0) is 9.53 Å². The van der Waals surface area contributed by atoms with Crippen LogP contribution < -0.4 is 5.73 Å². The van der Waals surface area contributed by atoms with Crippen molar-refractivity contribution in [1.29, 1.82) is 0 Å². The van der Waals surface area contributed by atoms with Crippen LogP contribution in [0, 0.1) is 0 Å². The van der Waals surface area contributed by atoms with Gasteiger partial charge in [-0.1, -0.05) is 0 Å². The molecule has 1 aliphatic heterocycles. The number of aliphatic carboxylic acids is 1. The van der Waals surface area contributed by atoms with E-state index in [2.05, 4.69) is 0 Å². The Labute approximate surface area is 97.8 Å². The zero-order chi connectivity index (χ0) is 12.1. The first-order chi connectivity index (χ1) is 7.50. The van der Waals surface area contributed by atoms with E-state index in [-0.39, 0.29) is 6.10 Å². The topological polar surface area (TPSA) is 113 Å². The molecule has 7 heteroatoms. The molecule has 0 aromatic rings. The van der Waals surface area contributed by atoms with E-state index >= 15 is 0 Å². The highest BCUT2D eigenvalue weighted by Gasteiger charge is 2.31. The van der Waals surface area contributed by atoms with Crippen LogP contribution in [0.3, 0.4) is 0 Å². The van der Waals surface area contributed by atoms with Gasteiger partial charge in [0.2, 0.25) is 0 Å². The molecule has 16 heavy (non-hydrogen) atoms. The van der Waals surface area contributed by atoms with E-state index in [4.69, 9.17) is 20.7 Å². The standard InChI is InChI=1S/C9H17NO5S/c10-6(8(12)13)1-2-16-4-5-3-7(11)9(14)15-5/h5-7,9,11,14H,1-4,10H2,(H,12,13)/t5-,6?,7+,9?/m0/s1. The highest BCUT2D eigenvalue weighted by molar-refractivity contribution is 7.99. The Morgan fingerprint density at radius 1 is 1.56 bits per heavy atom. The van der Waals surface area contributed by atoms with Crippen molar-refractivity contribution in [2.24, 2.45) is 5.73 Å². The van der Waals surface area contributed by atoms with Gasteiger partial charge in [0.25, 0.3) is 0 Å². The average Bonchev–Trinajstić information content (AvgIpc) is 2.53. The summed E-state index contributed by atoms with van der Waals surface area (Å²) in [6.45, 7) is 0. The Morgan fingerprint density at radius 2 is 2.25 bits per heavy atom. The third-order valence-corrected chi connectivity index (χ3v) is 3.49. The molecule has 0 spiro atoms. The quantitative estimate of drug-likeness (QED) is 0.447. The molecular formula is C9H17NO5S. The van der Waals surface area contributed by atoms with E-state index < -0.39 is 24.4 Å². The molecule has 1 fully saturated rings. The predicted molar refractivity (Wildman–Crippen MR) is 59.1 cm³/mol. The largest absolute Gasteiger partial charge is 0.480 e. The zero-order valence-electron chi connectivity index (χ0n) is 8.78. The molecule has 5 N–H and O–H groups in total. The van der Waals surface area contributed by atoms with Gasteiger partial charge in [0.05, 0.1) is 6.10 Å². The number of hydrogen-bond acceptors (Lipinski definition) is 6. The highest BCUT2D eigenvalue weighted by atomic mass is 32.2. The molecular weight excluding hydrogens is 234 g/mol. The van der Waals surface area contributed by atoms with Crippen molar-refractivity contribution in [3.8, 4) is 0 Å². The summed E-state index contributed by atoms with van der Waals surface area (Å²) in [5.74, 6) is 0.253. The van der Waals surface area contributed by atoms with Gasteiger partial charge in [-0.05, 0) is 12.2 Å². The van der Waals surface area contributed by atoms with E-state index in [1.165, 1.54) is 11.8 Å². The van der Waals surface area contributed by atoms with Crippen molar-refractivity contribution in [2.45, 2.75) is 37.4 Å². The molecule has 0 aromatic heterocycles. The summed E-state index contributed by atoms with van der Waals surface area (Å²) in [4.78, 5) is 10.4. The van der Waals surface area contributed by atoms with Gasteiger partial charge in [0.1, 0.15) is 12.1 Å². The number of carboxylic acids is 1. The fourth-order valence-corrected chi connectivity index (χ4v) is 2.45. The first-order valence-electron chi connectivity index (χ1n) is 5.08. The van der Waals surface area contributed by atoms with E-state index in [1.54, 1.807) is 0 Å². The van der Waals surface area contributed by atoms with Gasteiger partial charge in [-0.2, -0.15) is 11.8 Å². The summed E-state index contributed by atoms with van der Waals surface area (Å²) in [6.07, 6.45) is -1.26. The van der Waals surface area contributed by atoms with Gasteiger partial charge in [-0.25, -0.2) is 0 Å². The fourth-order valence-electron chi connectivity index (χ4n) is 1.39. The molecule has 2 unspecified atom stereocenters. The van der Waals surface area contributed by atoms with Crippen LogP contribution in [0.2, 0.25) is 0 Å². The van der Waals surface area contributed by atoms with Crippen LogP contribution in [0.1, 0.15) is 12.8 Å². The van der Waals surface area contributed by atoms with Crippen molar-refractivity contribution in [3.05, 3.63) is 0 Å². The van der Waals surface area contributed by atoms with E-state index in [0.29, 0.717) is 24.3 Å². The van der Waals surface area contributed by atoms with Gasteiger partial charge < -0.3 is 25.8 Å². The van der Waals surface area contributed by atoms with Crippen LogP contribution in [-0.4, -0.2) is 57.3 Å². The number of thioether (sulfide) groups is 1. The first-order valence-corrected chi connectivity index (χ1v) is 6.24.